The number of nitrogens with zero attached hydrogens (tertiary/aromatic N) is 1. The summed E-state index contributed by atoms with van der Waals surface area (Å²) < 4.78 is 5.18. The summed E-state index contributed by atoms with van der Waals surface area (Å²) in [5.74, 6) is -0.201. The molecule has 1 aliphatic rings. The fourth-order valence-electron chi connectivity index (χ4n) is 1.90. The fraction of sp³-hybridized carbons (Fsp3) is 0.692. The van der Waals surface area contributed by atoms with Crippen molar-refractivity contribution in [2.75, 3.05) is 19.7 Å². The molecule has 96 valence electrons. The van der Waals surface area contributed by atoms with Gasteiger partial charge in [-0.3, -0.25) is 9.59 Å². The van der Waals surface area contributed by atoms with Crippen LogP contribution >= 0.6 is 0 Å². The van der Waals surface area contributed by atoms with E-state index in [9.17, 15) is 9.59 Å². The van der Waals surface area contributed by atoms with Crippen LogP contribution in [0.25, 0.3) is 0 Å². The minimum absolute atomic E-state index is 0.0410. The van der Waals surface area contributed by atoms with E-state index in [1.165, 1.54) is 6.08 Å². The molecule has 0 unspecified atom stereocenters. The van der Waals surface area contributed by atoms with E-state index in [1.807, 2.05) is 0 Å². The minimum atomic E-state index is -0.107. The van der Waals surface area contributed by atoms with E-state index in [0.29, 0.717) is 32.5 Å². The first-order valence-corrected chi connectivity index (χ1v) is 6.27. The Morgan fingerprint density at radius 3 is 2.59 bits per heavy atom. The van der Waals surface area contributed by atoms with Gasteiger partial charge in [0.05, 0.1) is 12.5 Å². The average molecular weight is 239 g/mol. The molecule has 0 aliphatic carbocycles. The highest BCUT2D eigenvalue weighted by atomic mass is 16.5. The van der Waals surface area contributed by atoms with Crippen LogP contribution in [0, 0.1) is 5.92 Å². The summed E-state index contributed by atoms with van der Waals surface area (Å²) in [6.07, 6.45) is 4.66. The number of rotatable bonds is 5. The van der Waals surface area contributed by atoms with Gasteiger partial charge in [-0.25, -0.2) is 0 Å². The van der Waals surface area contributed by atoms with Gasteiger partial charge < -0.3 is 9.64 Å². The minimum Gasteiger partial charge on any atom is -0.465 e. The summed E-state index contributed by atoms with van der Waals surface area (Å²) in [6, 6.07) is 0. The first-order chi connectivity index (χ1) is 8.19. The molecule has 0 radical (unpaired) electrons. The molecule has 1 aliphatic heterocycles. The summed E-state index contributed by atoms with van der Waals surface area (Å²) in [5, 5.41) is 0. The van der Waals surface area contributed by atoms with E-state index in [4.69, 9.17) is 4.74 Å². The van der Waals surface area contributed by atoms with E-state index in [-0.39, 0.29) is 17.8 Å². The Labute approximate surface area is 103 Å². The van der Waals surface area contributed by atoms with Crippen LogP contribution in [0.15, 0.2) is 12.7 Å². The molecular weight excluding hydrogens is 218 g/mol. The van der Waals surface area contributed by atoms with Gasteiger partial charge in [-0.2, -0.15) is 0 Å². The number of likely N-dealkylation sites (tertiary alicyclic amines) is 1. The van der Waals surface area contributed by atoms with Crippen LogP contribution in [0.4, 0.5) is 0 Å². The molecule has 1 heterocycles. The van der Waals surface area contributed by atoms with Crippen LogP contribution in [-0.4, -0.2) is 36.5 Å². The summed E-state index contributed by atoms with van der Waals surface area (Å²) in [6.45, 7) is 7.28. The number of piperidine rings is 1. The van der Waals surface area contributed by atoms with Crippen molar-refractivity contribution in [1.82, 2.24) is 4.90 Å². The number of hydrogen-bond acceptors (Lipinski definition) is 3. The van der Waals surface area contributed by atoms with E-state index in [0.717, 1.165) is 12.8 Å². The Balaban J connectivity index is 2.28. The highest BCUT2D eigenvalue weighted by Crippen LogP contribution is 2.18. The third-order valence-electron chi connectivity index (χ3n) is 3.06. The summed E-state index contributed by atoms with van der Waals surface area (Å²) >= 11 is 0. The highest BCUT2D eigenvalue weighted by molar-refractivity contribution is 5.87. The van der Waals surface area contributed by atoms with Crippen LogP contribution in [0.3, 0.4) is 0 Å². The number of unbranched alkanes of at least 4 members (excludes halogenated alkanes) is 1. The van der Waals surface area contributed by atoms with Gasteiger partial charge in [-0.1, -0.05) is 19.9 Å². The number of carbonyl (C=O) groups excluding carboxylic acids is 2. The fourth-order valence-corrected chi connectivity index (χ4v) is 1.90. The third-order valence-corrected chi connectivity index (χ3v) is 3.06. The number of ether oxygens (including phenoxy) is 1. The molecule has 4 heteroatoms. The molecule has 0 saturated carbocycles. The van der Waals surface area contributed by atoms with Crippen molar-refractivity contribution in [3.05, 3.63) is 12.7 Å². The van der Waals surface area contributed by atoms with Gasteiger partial charge in [0.15, 0.2) is 0 Å². The number of hydrogen-bond donors (Lipinski definition) is 0. The first kappa shape index (κ1) is 13.7. The van der Waals surface area contributed by atoms with Crippen LogP contribution in [0.2, 0.25) is 0 Å². The maximum atomic E-state index is 11.7. The number of carbonyl (C=O) groups is 2. The Kier molecular flexibility index (Phi) is 5.73. The molecule has 1 saturated heterocycles. The highest BCUT2D eigenvalue weighted by Gasteiger charge is 2.27. The standard InChI is InChI=1S/C13H21NO3/c1-3-5-10-17-13(16)11-6-8-14(9-7-11)12(15)4-2/h4,11H,2-3,5-10H2,1H3. The molecule has 0 aromatic rings. The molecule has 0 aromatic heterocycles. The zero-order valence-electron chi connectivity index (χ0n) is 10.5. The Morgan fingerprint density at radius 2 is 2.06 bits per heavy atom. The molecule has 0 spiro atoms. The van der Waals surface area contributed by atoms with Crippen molar-refractivity contribution in [2.24, 2.45) is 5.92 Å². The van der Waals surface area contributed by atoms with Gasteiger partial charge in [0.2, 0.25) is 5.91 Å². The molecule has 0 bridgehead atoms. The van der Waals surface area contributed by atoms with Crippen molar-refractivity contribution in [1.29, 1.82) is 0 Å². The second-order valence-electron chi connectivity index (χ2n) is 4.32. The quantitative estimate of drug-likeness (QED) is 0.417. The Morgan fingerprint density at radius 1 is 1.41 bits per heavy atom. The largest absolute Gasteiger partial charge is 0.465 e. The summed E-state index contributed by atoms with van der Waals surface area (Å²) in [5.41, 5.74) is 0. The second kappa shape index (κ2) is 7.09. The summed E-state index contributed by atoms with van der Waals surface area (Å²) in [4.78, 5) is 24.7. The molecule has 4 nitrogen and oxygen atoms in total. The van der Waals surface area contributed by atoms with Crippen molar-refractivity contribution in [3.8, 4) is 0 Å². The summed E-state index contributed by atoms with van der Waals surface area (Å²) in [7, 11) is 0. The smallest absolute Gasteiger partial charge is 0.309 e. The number of esters is 1. The maximum Gasteiger partial charge on any atom is 0.309 e. The van der Waals surface area contributed by atoms with Crippen LogP contribution in [0.5, 0.6) is 0 Å². The van der Waals surface area contributed by atoms with E-state index in [2.05, 4.69) is 13.5 Å². The predicted octanol–water partition coefficient (Wildman–Crippen LogP) is 1.75. The first-order valence-electron chi connectivity index (χ1n) is 6.27. The molecule has 1 fully saturated rings. The lowest BCUT2D eigenvalue weighted by molar-refractivity contribution is -0.151. The molecule has 17 heavy (non-hydrogen) atoms. The van der Waals surface area contributed by atoms with E-state index in [1.54, 1.807) is 4.90 Å². The normalized spacial score (nSPS) is 16.6. The van der Waals surface area contributed by atoms with Crippen LogP contribution in [-0.2, 0) is 14.3 Å². The lowest BCUT2D eigenvalue weighted by atomic mass is 9.97. The Hall–Kier alpha value is -1.32. The SMILES string of the molecule is C=CC(=O)N1CCC(C(=O)OCCCC)CC1. The Bertz CT molecular complexity index is 280. The monoisotopic (exact) mass is 239 g/mol. The van der Waals surface area contributed by atoms with Crippen molar-refractivity contribution >= 4 is 11.9 Å². The molecule has 0 aromatic carbocycles. The second-order valence-corrected chi connectivity index (χ2v) is 4.32. The third kappa shape index (κ3) is 4.21. The van der Waals surface area contributed by atoms with Crippen LogP contribution in [0.1, 0.15) is 32.6 Å². The van der Waals surface area contributed by atoms with E-state index >= 15 is 0 Å². The lowest BCUT2D eigenvalue weighted by Crippen LogP contribution is -2.39. The van der Waals surface area contributed by atoms with Gasteiger partial charge in [0.1, 0.15) is 0 Å². The van der Waals surface area contributed by atoms with Gasteiger partial charge in [0, 0.05) is 13.1 Å². The zero-order valence-corrected chi connectivity index (χ0v) is 10.5. The molecule has 0 N–H and O–H groups in total. The van der Waals surface area contributed by atoms with Crippen molar-refractivity contribution < 1.29 is 14.3 Å². The zero-order chi connectivity index (χ0) is 12.7. The van der Waals surface area contributed by atoms with Gasteiger partial charge >= 0.3 is 5.97 Å². The number of amides is 1. The molecule has 1 rings (SSSR count). The molecule has 1 amide bonds. The maximum absolute atomic E-state index is 11.7. The van der Waals surface area contributed by atoms with Gasteiger partial charge in [-0.15, -0.1) is 0 Å². The average Bonchev–Trinajstić information content (AvgIpc) is 2.38. The van der Waals surface area contributed by atoms with Crippen molar-refractivity contribution in [2.45, 2.75) is 32.6 Å². The van der Waals surface area contributed by atoms with E-state index < -0.39 is 0 Å². The lowest BCUT2D eigenvalue weighted by Gasteiger charge is -2.30. The molecule has 0 atom stereocenters. The van der Waals surface area contributed by atoms with Crippen molar-refractivity contribution in [3.63, 3.8) is 0 Å². The predicted molar refractivity (Wildman–Crippen MR) is 65.4 cm³/mol. The van der Waals surface area contributed by atoms with Gasteiger partial charge in [-0.05, 0) is 25.3 Å². The topological polar surface area (TPSA) is 46.6 Å². The molecular formula is C13H21NO3. The van der Waals surface area contributed by atoms with Gasteiger partial charge in [0.25, 0.3) is 0 Å². The van der Waals surface area contributed by atoms with Crippen LogP contribution < -0.4 is 0 Å².